The third-order valence-electron chi connectivity index (χ3n) is 3.73. The molecule has 0 radical (unpaired) electrons. The molecule has 0 saturated carbocycles. The second kappa shape index (κ2) is 5.40. The molecular formula is C13H22ClN3. The Labute approximate surface area is 109 Å². The van der Waals surface area contributed by atoms with E-state index in [2.05, 4.69) is 29.9 Å². The summed E-state index contributed by atoms with van der Waals surface area (Å²) in [5.74, 6) is 0.644. The summed E-state index contributed by atoms with van der Waals surface area (Å²) in [5, 5.41) is 4.78. The first-order valence-electron chi connectivity index (χ1n) is 6.48. The molecule has 2 unspecified atom stereocenters. The zero-order valence-corrected chi connectivity index (χ0v) is 11.7. The van der Waals surface area contributed by atoms with Crippen LogP contribution in [0.5, 0.6) is 0 Å². The van der Waals surface area contributed by atoms with Gasteiger partial charge in [0.25, 0.3) is 0 Å². The number of alkyl halides is 1. The Hall–Kier alpha value is -0.540. The Morgan fingerprint density at radius 3 is 2.88 bits per heavy atom. The van der Waals surface area contributed by atoms with E-state index in [-0.39, 0.29) is 0 Å². The zero-order chi connectivity index (χ0) is 12.4. The van der Waals surface area contributed by atoms with Gasteiger partial charge in [-0.3, -0.25) is 9.58 Å². The maximum absolute atomic E-state index is 6.34. The fraction of sp³-hybridized carbons (Fsp3) is 0.769. The van der Waals surface area contributed by atoms with E-state index in [1.54, 1.807) is 0 Å². The van der Waals surface area contributed by atoms with Gasteiger partial charge in [0.05, 0.1) is 11.4 Å². The van der Waals surface area contributed by atoms with Crippen LogP contribution in [0.3, 0.4) is 0 Å². The van der Waals surface area contributed by atoms with Gasteiger partial charge in [0.2, 0.25) is 0 Å². The molecule has 1 aromatic rings. The lowest BCUT2D eigenvalue weighted by Crippen LogP contribution is -2.40. The van der Waals surface area contributed by atoms with Crippen molar-refractivity contribution in [1.29, 1.82) is 0 Å². The average Bonchev–Trinajstić information content (AvgIpc) is 2.65. The van der Waals surface area contributed by atoms with Crippen LogP contribution in [0.25, 0.3) is 0 Å². The fourth-order valence-corrected chi connectivity index (χ4v) is 2.67. The normalized spacial score (nSPS) is 26.4. The summed E-state index contributed by atoms with van der Waals surface area (Å²) in [4.78, 5) is 2.44. The number of piperidine rings is 1. The third-order valence-corrected chi connectivity index (χ3v) is 4.29. The number of hydrogen-bond donors (Lipinski definition) is 0. The van der Waals surface area contributed by atoms with Gasteiger partial charge in [-0.2, -0.15) is 5.10 Å². The number of rotatable bonds is 3. The van der Waals surface area contributed by atoms with Crippen LogP contribution in [0.15, 0.2) is 6.07 Å². The minimum atomic E-state index is 0.294. The van der Waals surface area contributed by atoms with Crippen LogP contribution in [0.2, 0.25) is 0 Å². The van der Waals surface area contributed by atoms with Crippen molar-refractivity contribution in [3.8, 4) is 0 Å². The molecule has 2 rings (SSSR count). The third kappa shape index (κ3) is 3.02. The second-order valence-corrected chi connectivity index (χ2v) is 5.68. The molecule has 2 atom stereocenters. The van der Waals surface area contributed by atoms with E-state index in [4.69, 9.17) is 11.6 Å². The van der Waals surface area contributed by atoms with Gasteiger partial charge in [-0.05, 0) is 31.4 Å². The minimum Gasteiger partial charge on any atom is -0.296 e. The number of likely N-dealkylation sites (tertiary alicyclic amines) is 1. The Morgan fingerprint density at radius 2 is 2.29 bits per heavy atom. The van der Waals surface area contributed by atoms with Gasteiger partial charge >= 0.3 is 0 Å². The first kappa shape index (κ1) is 12.9. The van der Waals surface area contributed by atoms with Crippen molar-refractivity contribution in [3.05, 3.63) is 17.5 Å². The summed E-state index contributed by atoms with van der Waals surface area (Å²) in [6.07, 6.45) is 2.20. The lowest BCUT2D eigenvalue weighted by molar-refractivity contribution is 0.185. The highest BCUT2D eigenvalue weighted by molar-refractivity contribution is 6.21. The molecule has 0 amide bonds. The molecule has 0 aromatic carbocycles. The summed E-state index contributed by atoms with van der Waals surface area (Å²) in [6, 6.07) is 2.21. The van der Waals surface area contributed by atoms with E-state index in [1.807, 2.05) is 11.7 Å². The molecule has 17 heavy (non-hydrogen) atoms. The van der Waals surface area contributed by atoms with Gasteiger partial charge in [0.1, 0.15) is 0 Å². The number of aryl methyl sites for hydroxylation is 2. The van der Waals surface area contributed by atoms with Crippen LogP contribution in [-0.2, 0) is 20.0 Å². The Morgan fingerprint density at radius 1 is 1.53 bits per heavy atom. The average molecular weight is 256 g/mol. The van der Waals surface area contributed by atoms with Gasteiger partial charge in [0.15, 0.2) is 0 Å². The predicted molar refractivity (Wildman–Crippen MR) is 71.3 cm³/mol. The molecule has 1 aliphatic rings. The van der Waals surface area contributed by atoms with Gasteiger partial charge in [0, 0.05) is 25.5 Å². The first-order valence-corrected chi connectivity index (χ1v) is 6.92. The Balaban J connectivity index is 1.98. The summed E-state index contributed by atoms with van der Waals surface area (Å²) in [5.41, 5.74) is 2.47. The molecule has 0 spiro atoms. The zero-order valence-electron chi connectivity index (χ0n) is 11.0. The monoisotopic (exact) mass is 255 g/mol. The molecule has 1 fully saturated rings. The summed E-state index contributed by atoms with van der Waals surface area (Å²) >= 11 is 6.34. The molecule has 0 aliphatic carbocycles. The highest BCUT2D eigenvalue weighted by Crippen LogP contribution is 2.23. The van der Waals surface area contributed by atoms with E-state index in [9.17, 15) is 0 Å². The Bertz CT molecular complexity index is 375. The number of aromatic nitrogens is 2. The summed E-state index contributed by atoms with van der Waals surface area (Å²) < 4.78 is 2.00. The van der Waals surface area contributed by atoms with E-state index in [0.29, 0.717) is 11.3 Å². The lowest BCUT2D eigenvalue weighted by Gasteiger charge is -2.33. The first-order chi connectivity index (χ1) is 8.10. The molecule has 2 heterocycles. The van der Waals surface area contributed by atoms with E-state index >= 15 is 0 Å². The molecule has 96 valence electrons. The fourth-order valence-electron chi connectivity index (χ4n) is 2.35. The number of hydrogen-bond acceptors (Lipinski definition) is 2. The number of halogens is 1. The molecule has 3 nitrogen and oxygen atoms in total. The van der Waals surface area contributed by atoms with Crippen molar-refractivity contribution in [1.82, 2.24) is 14.7 Å². The summed E-state index contributed by atoms with van der Waals surface area (Å²) in [6.45, 7) is 7.50. The standard InChI is InChI=1S/C13H22ClN3/c1-4-11-7-12(16(3)15-11)8-17-6-5-10(2)13(14)9-17/h7,10,13H,4-6,8-9H2,1-3H3. The van der Waals surface area contributed by atoms with Crippen molar-refractivity contribution >= 4 is 11.6 Å². The van der Waals surface area contributed by atoms with Gasteiger partial charge in [-0.15, -0.1) is 11.6 Å². The van der Waals surface area contributed by atoms with Crippen molar-refractivity contribution in [3.63, 3.8) is 0 Å². The molecular weight excluding hydrogens is 234 g/mol. The highest BCUT2D eigenvalue weighted by Gasteiger charge is 2.24. The van der Waals surface area contributed by atoms with Crippen LogP contribution >= 0.6 is 11.6 Å². The molecule has 0 bridgehead atoms. The molecule has 1 aliphatic heterocycles. The molecule has 0 N–H and O–H groups in total. The highest BCUT2D eigenvalue weighted by atomic mass is 35.5. The largest absolute Gasteiger partial charge is 0.296 e. The summed E-state index contributed by atoms with van der Waals surface area (Å²) in [7, 11) is 2.03. The van der Waals surface area contributed by atoms with Crippen molar-refractivity contribution in [2.24, 2.45) is 13.0 Å². The Kier molecular flexibility index (Phi) is 4.10. The van der Waals surface area contributed by atoms with Crippen molar-refractivity contribution in [2.75, 3.05) is 13.1 Å². The molecule has 1 saturated heterocycles. The quantitative estimate of drug-likeness (QED) is 0.774. The molecule has 1 aromatic heterocycles. The van der Waals surface area contributed by atoms with Gasteiger partial charge < -0.3 is 0 Å². The topological polar surface area (TPSA) is 21.1 Å². The predicted octanol–water partition coefficient (Wildman–Crippen LogP) is 2.43. The lowest BCUT2D eigenvalue weighted by atomic mass is 9.98. The smallest absolute Gasteiger partial charge is 0.0625 e. The minimum absolute atomic E-state index is 0.294. The van der Waals surface area contributed by atoms with Crippen molar-refractivity contribution in [2.45, 2.75) is 38.6 Å². The van der Waals surface area contributed by atoms with Crippen LogP contribution in [0.1, 0.15) is 31.7 Å². The van der Waals surface area contributed by atoms with E-state index in [1.165, 1.54) is 17.8 Å². The van der Waals surface area contributed by atoms with Crippen LogP contribution in [0.4, 0.5) is 0 Å². The van der Waals surface area contributed by atoms with Gasteiger partial charge in [-0.25, -0.2) is 0 Å². The SMILES string of the molecule is CCc1cc(CN2CCC(C)C(Cl)C2)n(C)n1. The molecule has 4 heteroatoms. The maximum Gasteiger partial charge on any atom is 0.0625 e. The van der Waals surface area contributed by atoms with E-state index < -0.39 is 0 Å². The second-order valence-electron chi connectivity index (χ2n) is 5.12. The van der Waals surface area contributed by atoms with Crippen LogP contribution in [0, 0.1) is 5.92 Å². The number of nitrogens with zero attached hydrogens (tertiary/aromatic N) is 3. The van der Waals surface area contributed by atoms with Crippen molar-refractivity contribution < 1.29 is 0 Å². The maximum atomic E-state index is 6.34. The van der Waals surface area contributed by atoms with Crippen LogP contribution in [-0.4, -0.2) is 33.1 Å². The van der Waals surface area contributed by atoms with E-state index in [0.717, 1.165) is 26.1 Å². The van der Waals surface area contributed by atoms with Crippen LogP contribution < -0.4 is 0 Å². The van der Waals surface area contributed by atoms with Gasteiger partial charge in [-0.1, -0.05) is 13.8 Å².